The highest BCUT2D eigenvalue weighted by Gasteiger charge is 2.19. The van der Waals surface area contributed by atoms with Gasteiger partial charge in [-0.05, 0) is 83.2 Å². The Hall–Kier alpha value is -2.15. The molecule has 0 saturated carbocycles. The standard InChI is InChI=1S/C43H80N2O5/c1-3-5-7-9-10-11-12-13-14-15-16-17-18-19-20-21-22-23-24-25-31-37-42(47)50-39(33-28-8-6-4-2)34-29-26-27-30-36-41(46)45-40(43(48)49)35-32-38-44/h15-16,28,33,39-40H,3-14,17-27,29-32,34-38,44H2,1-2H3,(H,45,46)(H,48,49)/b16-15-,33-28-. The Kier molecular flexibility index (Phi) is 36.5. The first-order chi connectivity index (χ1) is 24.4. The second-order valence-electron chi connectivity index (χ2n) is 14.4. The van der Waals surface area contributed by atoms with Crippen LogP contribution in [0.25, 0.3) is 0 Å². The molecule has 0 aliphatic carbocycles. The highest BCUT2D eigenvalue weighted by Crippen LogP contribution is 2.16. The van der Waals surface area contributed by atoms with Gasteiger partial charge in [0.15, 0.2) is 0 Å². The molecule has 0 aliphatic rings. The van der Waals surface area contributed by atoms with Crippen LogP contribution < -0.4 is 11.1 Å². The molecule has 1 amide bonds. The highest BCUT2D eigenvalue weighted by molar-refractivity contribution is 5.83. The first kappa shape index (κ1) is 47.8. The molecule has 0 aliphatic heterocycles. The molecular weight excluding hydrogens is 624 g/mol. The molecule has 0 heterocycles. The number of hydrogen-bond acceptors (Lipinski definition) is 5. The van der Waals surface area contributed by atoms with Crippen molar-refractivity contribution in [2.75, 3.05) is 6.54 Å². The van der Waals surface area contributed by atoms with Gasteiger partial charge in [0, 0.05) is 12.8 Å². The smallest absolute Gasteiger partial charge is 0.326 e. The first-order valence-electron chi connectivity index (χ1n) is 21.2. The number of nitrogens with two attached hydrogens (primary N) is 1. The van der Waals surface area contributed by atoms with Gasteiger partial charge >= 0.3 is 11.9 Å². The lowest BCUT2D eigenvalue weighted by Gasteiger charge is -2.15. The fourth-order valence-electron chi connectivity index (χ4n) is 6.22. The number of esters is 1. The second kappa shape index (κ2) is 38.1. The van der Waals surface area contributed by atoms with Gasteiger partial charge in [-0.1, -0.05) is 148 Å². The summed E-state index contributed by atoms with van der Waals surface area (Å²) in [5, 5.41) is 11.9. The van der Waals surface area contributed by atoms with E-state index in [-0.39, 0.29) is 18.0 Å². The summed E-state index contributed by atoms with van der Waals surface area (Å²) < 4.78 is 5.86. The Balaban J connectivity index is 3.92. The molecule has 0 fully saturated rings. The molecule has 2 unspecified atom stereocenters. The van der Waals surface area contributed by atoms with Gasteiger partial charge in [-0.15, -0.1) is 0 Å². The summed E-state index contributed by atoms with van der Waals surface area (Å²) in [7, 11) is 0. The number of unbranched alkanes of at least 4 members (excludes halogenated alkanes) is 22. The van der Waals surface area contributed by atoms with Crippen molar-refractivity contribution in [3.05, 3.63) is 24.3 Å². The minimum atomic E-state index is -1.02. The fraction of sp³-hybridized carbons (Fsp3) is 0.837. The van der Waals surface area contributed by atoms with Crippen LogP contribution >= 0.6 is 0 Å². The van der Waals surface area contributed by atoms with Gasteiger partial charge in [0.25, 0.3) is 0 Å². The van der Waals surface area contributed by atoms with Gasteiger partial charge in [0.05, 0.1) is 0 Å². The van der Waals surface area contributed by atoms with Gasteiger partial charge in [0.2, 0.25) is 5.91 Å². The summed E-state index contributed by atoms with van der Waals surface area (Å²) in [5.74, 6) is -1.34. The molecule has 50 heavy (non-hydrogen) atoms. The van der Waals surface area contributed by atoms with Gasteiger partial charge in [0.1, 0.15) is 12.1 Å². The van der Waals surface area contributed by atoms with Crippen molar-refractivity contribution in [3.63, 3.8) is 0 Å². The molecule has 0 aromatic heterocycles. The molecule has 2 atom stereocenters. The minimum Gasteiger partial charge on any atom is -0.480 e. The highest BCUT2D eigenvalue weighted by atomic mass is 16.5. The maximum atomic E-state index is 12.6. The van der Waals surface area contributed by atoms with E-state index in [1.54, 1.807) is 0 Å². The number of carboxylic acids is 1. The second-order valence-corrected chi connectivity index (χ2v) is 14.4. The van der Waals surface area contributed by atoms with Gasteiger partial charge < -0.3 is 20.9 Å². The van der Waals surface area contributed by atoms with Gasteiger partial charge in [-0.3, -0.25) is 9.59 Å². The van der Waals surface area contributed by atoms with E-state index in [4.69, 9.17) is 10.5 Å². The van der Waals surface area contributed by atoms with E-state index >= 15 is 0 Å². The summed E-state index contributed by atoms with van der Waals surface area (Å²) in [5.41, 5.74) is 5.46. The molecule has 0 bridgehead atoms. The Morgan fingerprint density at radius 1 is 0.580 bits per heavy atom. The molecule has 292 valence electrons. The average Bonchev–Trinajstić information content (AvgIpc) is 3.10. The van der Waals surface area contributed by atoms with Crippen LogP contribution in [0.15, 0.2) is 24.3 Å². The average molecular weight is 705 g/mol. The van der Waals surface area contributed by atoms with Crippen LogP contribution in [0.5, 0.6) is 0 Å². The molecule has 0 aromatic carbocycles. The molecule has 0 aromatic rings. The van der Waals surface area contributed by atoms with E-state index in [1.807, 2.05) is 0 Å². The number of carbonyl (C=O) groups is 3. The number of allylic oxidation sites excluding steroid dienone is 3. The summed E-state index contributed by atoms with van der Waals surface area (Å²) in [4.78, 5) is 36.1. The maximum Gasteiger partial charge on any atom is 0.326 e. The third-order valence-electron chi connectivity index (χ3n) is 9.47. The predicted octanol–water partition coefficient (Wildman–Crippen LogP) is 11.7. The van der Waals surface area contributed by atoms with E-state index in [1.165, 1.54) is 109 Å². The molecule has 0 saturated heterocycles. The molecular formula is C43H80N2O5. The molecule has 7 heteroatoms. The fourth-order valence-corrected chi connectivity index (χ4v) is 6.22. The van der Waals surface area contributed by atoms with Crippen molar-refractivity contribution in [1.29, 1.82) is 0 Å². The largest absolute Gasteiger partial charge is 0.480 e. The predicted molar refractivity (Wildman–Crippen MR) is 211 cm³/mol. The maximum absolute atomic E-state index is 12.6. The number of carbonyl (C=O) groups excluding carboxylic acids is 2. The van der Waals surface area contributed by atoms with Crippen LogP contribution in [0.4, 0.5) is 0 Å². The van der Waals surface area contributed by atoms with E-state index in [9.17, 15) is 19.5 Å². The van der Waals surface area contributed by atoms with E-state index in [0.717, 1.165) is 57.8 Å². The third kappa shape index (κ3) is 34.3. The van der Waals surface area contributed by atoms with Gasteiger partial charge in [-0.2, -0.15) is 0 Å². The molecule has 0 radical (unpaired) electrons. The SMILES string of the molecule is CCCC/C=C\C(CCCCCCC(=O)NC(CCCN)C(=O)O)OC(=O)CCCCCCCCCCC/C=C\CCCCCCCCCC. The monoisotopic (exact) mass is 705 g/mol. The Morgan fingerprint density at radius 2 is 1.06 bits per heavy atom. The van der Waals surface area contributed by atoms with Crippen molar-refractivity contribution < 1.29 is 24.2 Å². The topological polar surface area (TPSA) is 119 Å². The number of nitrogens with one attached hydrogen (secondary N) is 1. The number of aliphatic carboxylic acids is 1. The molecule has 4 N–H and O–H groups in total. The summed E-state index contributed by atoms with van der Waals surface area (Å²) >= 11 is 0. The zero-order chi connectivity index (χ0) is 36.8. The third-order valence-corrected chi connectivity index (χ3v) is 9.47. The van der Waals surface area contributed by atoms with E-state index in [2.05, 4.69) is 43.5 Å². The quantitative estimate of drug-likeness (QED) is 0.0334. The lowest BCUT2D eigenvalue weighted by Crippen LogP contribution is -2.40. The number of ether oxygens (including phenoxy) is 1. The van der Waals surface area contributed by atoms with Crippen molar-refractivity contribution in [2.24, 2.45) is 5.73 Å². The minimum absolute atomic E-state index is 0.0960. The molecule has 7 nitrogen and oxygen atoms in total. The van der Waals surface area contributed by atoms with Crippen molar-refractivity contribution in [2.45, 2.75) is 225 Å². The first-order valence-corrected chi connectivity index (χ1v) is 21.2. The molecule has 0 spiro atoms. The van der Waals surface area contributed by atoms with Gasteiger partial charge in [-0.25, -0.2) is 4.79 Å². The zero-order valence-corrected chi connectivity index (χ0v) is 32.7. The Morgan fingerprint density at radius 3 is 1.60 bits per heavy atom. The van der Waals surface area contributed by atoms with Crippen LogP contribution in [0.2, 0.25) is 0 Å². The lowest BCUT2D eigenvalue weighted by atomic mass is 10.0. The number of hydrogen-bond donors (Lipinski definition) is 3. The Bertz CT molecular complexity index is 843. The van der Waals surface area contributed by atoms with Crippen molar-refractivity contribution in [3.8, 4) is 0 Å². The number of rotatable bonds is 38. The van der Waals surface area contributed by atoms with Crippen molar-refractivity contribution in [1.82, 2.24) is 5.32 Å². The molecule has 0 rings (SSSR count). The summed E-state index contributed by atoms with van der Waals surface area (Å²) in [6.45, 7) is 4.86. The number of amides is 1. The zero-order valence-electron chi connectivity index (χ0n) is 32.7. The van der Waals surface area contributed by atoms with E-state index in [0.29, 0.717) is 38.6 Å². The summed E-state index contributed by atoms with van der Waals surface area (Å²) in [6.07, 6.45) is 42.7. The van der Waals surface area contributed by atoms with Crippen LogP contribution in [0, 0.1) is 0 Å². The van der Waals surface area contributed by atoms with Crippen molar-refractivity contribution >= 4 is 17.8 Å². The van der Waals surface area contributed by atoms with Crippen LogP contribution in [-0.2, 0) is 19.1 Å². The van der Waals surface area contributed by atoms with E-state index < -0.39 is 12.0 Å². The normalized spacial score (nSPS) is 12.9. The Labute approximate surface area is 308 Å². The van der Waals surface area contributed by atoms with Crippen LogP contribution in [0.3, 0.4) is 0 Å². The van der Waals surface area contributed by atoms with Crippen LogP contribution in [-0.4, -0.2) is 41.6 Å². The summed E-state index contributed by atoms with van der Waals surface area (Å²) in [6, 6.07) is -0.868. The number of carboxylic acid groups (broad SMARTS) is 1. The van der Waals surface area contributed by atoms with Crippen LogP contribution in [0.1, 0.15) is 213 Å². The lowest BCUT2D eigenvalue weighted by molar-refractivity contribution is -0.147.